The first-order chi connectivity index (χ1) is 9.15. The molecule has 1 aromatic carbocycles. The van der Waals surface area contributed by atoms with E-state index in [1.165, 1.54) is 0 Å². The second-order valence-corrected chi connectivity index (χ2v) is 4.72. The first-order valence-corrected chi connectivity index (χ1v) is 6.85. The van der Waals surface area contributed by atoms with Gasteiger partial charge in [0.25, 0.3) is 0 Å². The summed E-state index contributed by atoms with van der Waals surface area (Å²) in [5.41, 5.74) is 0. The molecule has 6 heteroatoms. The Hall–Kier alpha value is -0.970. The van der Waals surface area contributed by atoms with E-state index in [0.717, 1.165) is 0 Å². The molecule has 0 atom stereocenters. The van der Waals surface area contributed by atoms with E-state index in [1.54, 1.807) is 18.2 Å². The number of hydrogen-bond acceptors (Lipinski definition) is 3. The summed E-state index contributed by atoms with van der Waals surface area (Å²) in [5.74, 6) is 0.476. The molecule has 1 aromatic rings. The zero-order valence-corrected chi connectivity index (χ0v) is 12.0. The summed E-state index contributed by atoms with van der Waals surface area (Å²) < 4.78 is 5.46. The fraction of sp³-hybridized carbons (Fsp3) is 0.462. The number of aliphatic hydroxyl groups excluding tert-OH is 1. The van der Waals surface area contributed by atoms with Gasteiger partial charge in [-0.25, -0.2) is 0 Å². The Morgan fingerprint density at radius 2 is 2.11 bits per heavy atom. The molecule has 0 spiro atoms. The van der Waals surface area contributed by atoms with Crippen LogP contribution < -0.4 is 10.1 Å². The molecule has 0 fully saturated rings. The number of benzene rings is 1. The van der Waals surface area contributed by atoms with Crippen LogP contribution in [0.4, 0.5) is 0 Å². The van der Waals surface area contributed by atoms with Crippen molar-refractivity contribution in [3.8, 4) is 5.75 Å². The monoisotopic (exact) mass is 305 g/mol. The summed E-state index contributed by atoms with van der Waals surface area (Å²) >= 11 is 11.8. The lowest BCUT2D eigenvalue weighted by Crippen LogP contribution is -2.25. The van der Waals surface area contributed by atoms with Crippen molar-refractivity contribution in [3.05, 3.63) is 28.2 Å². The lowest BCUT2D eigenvalue weighted by Gasteiger charge is -2.08. The van der Waals surface area contributed by atoms with Crippen LogP contribution in [0.1, 0.15) is 19.3 Å². The van der Waals surface area contributed by atoms with Gasteiger partial charge < -0.3 is 15.2 Å². The SMILES string of the molecule is O=C(CCCOc1cccc(Cl)c1Cl)NCCCO. The Morgan fingerprint density at radius 3 is 2.84 bits per heavy atom. The Kier molecular flexibility index (Phi) is 7.63. The minimum atomic E-state index is -0.0470. The van der Waals surface area contributed by atoms with Crippen molar-refractivity contribution in [1.82, 2.24) is 5.32 Å². The molecule has 19 heavy (non-hydrogen) atoms. The van der Waals surface area contributed by atoms with Crippen molar-refractivity contribution in [2.75, 3.05) is 19.8 Å². The molecular weight excluding hydrogens is 289 g/mol. The predicted octanol–water partition coefficient (Wildman–Crippen LogP) is 2.65. The molecule has 2 N–H and O–H groups in total. The van der Waals surface area contributed by atoms with Crippen molar-refractivity contribution in [3.63, 3.8) is 0 Å². The van der Waals surface area contributed by atoms with Crippen LogP contribution in [-0.4, -0.2) is 30.8 Å². The largest absolute Gasteiger partial charge is 0.492 e. The highest BCUT2D eigenvalue weighted by Gasteiger charge is 2.06. The summed E-state index contributed by atoms with van der Waals surface area (Å²) in [6.45, 7) is 0.973. The van der Waals surface area contributed by atoms with Gasteiger partial charge in [0.1, 0.15) is 10.8 Å². The number of aliphatic hydroxyl groups is 1. The van der Waals surface area contributed by atoms with Gasteiger partial charge in [-0.05, 0) is 25.0 Å². The number of rotatable bonds is 8. The predicted molar refractivity (Wildman–Crippen MR) is 75.9 cm³/mol. The Morgan fingerprint density at radius 1 is 1.32 bits per heavy atom. The van der Waals surface area contributed by atoms with Gasteiger partial charge in [-0.3, -0.25) is 4.79 Å². The first-order valence-electron chi connectivity index (χ1n) is 6.09. The second kappa shape index (κ2) is 9.02. The lowest BCUT2D eigenvalue weighted by atomic mass is 10.3. The molecular formula is C13H17Cl2NO3. The molecule has 4 nitrogen and oxygen atoms in total. The van der Waals surface area contributed by atoms with Crippen LogP contribution in [0.3, 0.4) is 0 Å². The highest BCUT2D eigenvalue weighted by molar-refractivity contribution is 6.42. The number of amides is 1. The van der Waals surface area contributed by atoms with E-state index in [0.29, 0.717) is 48.2 Å². The van der Waals surface area contributed by atoms with Gasteiger partial charge in [0, 0.05) is 19.6 Å². The van der Waals surface area contributed by atoms with E-state index in [-0.39, 0.29) is 12.5 Å². The maximum absolute atomic E-state index is 11.4. The van der Waals surface area contributed by atoms with Crippen molar-refractivity contribution < 1.29 is 14.6 Å². The molecule has 1 amide bonds. The average Bonchev–Trinajstić information content (AvgIpc) is 2.39. The van der Waals surface area contributed by atoms with Crippen LogP contribution in [-0.2, 0) is 4.79 Å². The summed E-state index contributed by atoms with van der Waals surface area (Å²) in [7, 11) is 0. The molecule has 0 aliphatic rings. The molecule has 0 heterocycles. The normalized spacial score (nSPS) is 10.3. The summed E-state index contributed by atoms with van der Waals surface area (Å²) in [4.78, 5) is 11.4. The zero-order valence-electron chi connectivity index (χ0n) is 10.5. The average molecular weight is 306 g/mol. The van der Waals surface area contributed by atoms with E-state index in [4.69, 9.17) is 33.0 Å². The van der Waals surface area contributed by atoms with E-state index in [9.17, 15) is 4.79 Å². The summed E-state index contributed by atoms with van der Waals surface area (Å²) in [6, 6.07) is 5.17. The van der Waals surface area contributed by atoms with Gasteiger partial charge in [0.2, 0.25) is 5.91 Å². The van der Waals surface area contributed by atoms with Gasteiger partial charge in [-0.15, -0.1) is 0 Å². The molecule has 0 aliphatic heterocycles. The molecule has 0 aromatic heterocycles. The van der Waals surface area contributed by atoms with Crippen molar-refractivity contribution in [1.29, 1.82) is 0 Å². The summed E-state index contributed by atoms with van der Waals surface area (Å²) in [5, 5.41) is 12.1. The van der Waals surface area contributed by atoms with Crippen LogP contribution in [0.15, 0.2) is 18.2 Å². The van der Waals surface area contributed by atoms with Crippen LogP contribution in [0, 0.1) is 0 Å². The number of carbonyl (C=O) groups excluding carboxylic acids is 1. The third-order valence-corrected chi connectivity index (χ3v) is 3.18. The lowest BCUT2D eigenvalue weighted by molar-refractivity contribution is -0.121. The topological polar surface area (TPSA) is 58.6 Å². The third kappa shape index (κ3) is 6.14. The molecule has 1 rings (SSSR count). The zero-order chi connectivity index (χ0) is 14.1. The van der Waals surface area contributed by atoms with Crippen LogP contribution >= 0.6 is 23.2 Å². The standard InChI is InChI=1S/C13H17Cl2NO3/c14-10-4-1-5-11(13(10)15)19-9-2-6-12(18)16-7-3-8-17/h1,4-5,17H,2-3,6-9H2,(H,16,18). The number of carbonyl (C=O) groups is 1. The minimum absolute atomic E-state index is 0.0470. The van der Waals surface area contributed by atoms with Gasteiger partial charge in [-0.1, -0.05) is 29.3 Å². The number of nitrogens with one attached hydrogen (secondary N) is 1. The van der Waals surface area contributed by atoms with Crippen molar-refractivity contribution in [2.24, 2.45) is 0 Å². The van der Waals surface area contributed by atoms with Gasteiger partial charge in [0.15, 0.2) is 0 Å². The van der Waals surface area contributed by atoms with Crippen molar-refractivity contribution >= 4 is 29.1 Å². The Bertz CT molecular complexity index is 413. The fourth-order valence-electron chi connectivity index (χ4n) is 1.41. The number of hydrogen-bond donors (Lipinski definition) is 2. The molecule has 0 aliphatic carbocycles. The fourth-order valence-corrected chi connectivity index (χ4v) is 1.75. The van der Waals surface area contributed by atoms with Gasteiger partial charge in [0.05, 0.1) is 11.6 Å². The maximum atomic E-state index is 11.4. The molecule has 0 unspecified atom stereocenters. The molecule has 0 saturated heterocycles. The van der Waals surface area contributed by atoms with Crippen LogP contribution in [0.25, 0.3) is 0 Å². The Labute approximate surface area is 122 Å². The highest BCUT2D eigenvalue weighted by Crippen LogP contribution is 2.31. The first kappa shape index (κ1) is 16.1. The van der Waals surface area contributed by atoms with Crippen LogP contribution in [0.2, 0.25) is 10.0 Å². The number of ether oxygens (including phenoxy) is 1. The maximum Gasteiger partial charge on any atom is 0.220 e. The van der Waals surface area contributed by atoms with E-state index in [2.05, 4.69) is 5.32 Å². The third-order valence-electron chi connectivity index (χ3n) is 2.38. The molecule has 0 bridgehead atoms. The molecule has 0 radical (unpaired) electrons. The van der Waals surface area contributed by atoms with Gasteiger partial charge in [-0.2, -0.15) is 0 Å². The van der Waals surface area contributed by atoms with E-state index in [1.807, 2.05) is 0 Å². The second-order valence-electron chi connectivity index (χ2n) is 3.93. The number of halogens is 2. The molecule has 106 valence electrons. The quantitative estimate of drug-likeness (QED) is 0.726. The van der Waals surface area contributed by atoms with E-state index >= 15 is 0 Å². The van der Waals surface area contributed by atoms with Crippen LogP contribution in [0.5, 0.6) is 5.75 Å². The Balaban J connectivity index is 2.20. The van der Waals surface area contributed by atoms with Crippen molar-refractivity contribution in [2.45, 2.75) is 19.3 Å². The highest BCUT2D eigenvalue weighted by atomic mass is 35.5. The summed E-state index contributed by atoms with van der Waals surface area (Å²) in [6.07, 6.45) is 1.54. The van der Waals surface area contributed by atoms with Gasteiger partial charge >= 0.3 is 0 Å². The van der Waals surface area contributed by atoms with E-state index < -0.39 is 0 Å². The minimum Gasteiger partial charge on any atom is -0.492 e. The smallest absolute Gasteiger partial charge is 0.220 e. The molecule has 0 saturated carbocycles.